The highest BCUT2D eigenvalue weighted by molar-refractivity contribution is 4.96. The minimum atomic E-state index is -1.62. The van der Waals surface area contributed by atoms with Crippen LogP contribution < -0.4 is 0 Å². The summed E-state index contributed by atoms with van der Waals surface area (Å²) < 4.78 is 10.9. The highest BCUT2D eigenvalue weighted by Gasteiger charge is 2.54. The molecule has 1 aliphatic heterocycles. The highest BCUT2D eigenvalue weighted by Crippen LogP contribution is 2.32. The maximum Gasteiger partial charge on any atom is 0.221 e. The summed E-state index contributed by atoms with van der Waals surface area (Å²) in [5.41, 5.74) is 0. The van der Waals surface area contributed by atoms with E-state index in [1.54, 1.807) is 0 Å². The van der Waals surface area contributed by atoms with E-state index in [1.807, 2.05) is 0 Å². The van der Waals surface area contributed by atoms with Gasteiger partial charge >= 0.3 is 0 Å². The molecule has 0 aliphatic carbocycles. The van der Waals surface area contributed by atoms with Gasteiger partial charge in [-0.05, 0) is 6.42 Å². The summed E-state index contributed by atoms with van der Waals surface area (Å²) >= 11 is 0. The van der Waals surface area contributed by atoms with Crippen molar-refractivity contribution in [2.24, 2.45) is 0 Å². The van der Waals surface area contributed by atoms with Crippen molar-refractivity contribution in [1.29, 1.82) is 0 Å². The van der Waals surface area contributed by atoms with Gasteiger partial charge in [0.25, 0.3) is 0 Å². The third-order valence-corrected chi connectivity index (χ3v) is 4.75. The second-order valence-corrected chi connectivity index (χ2v) is 6.77. The molecule has 1 heterocycles. The van der Waals surface area contributed by atoms with E-state index in [2.05, 4.69) is 6.92 Å². The lowest BCUT2D eigenvalue weighted by Gasteiger charge is -2.30. The molecule has 4 N–H and O–H groups in total. The van der Waals surface area contributed by atoms with Gasteiger partial charge in [-0.1, -0.05) is 64.7 Å². The van der Waals surface area contributed by atoms with E-state index in [9.17, 15) is 15.3 Å². The van der Waals surface area contributed by atoms with Crippen molar-refractivity contribution in [3.63, 3.8) is 0 Å². The molecule has 0 amide bonds. The number of hydrogen-bond donors (Lipinski definition) is 4. The summed E-state index contributed by atoms with van der Waals surface area (Å²) in [6.45, 7) is 1.59. The molecule has 0 unspecified atom stereocenters. The fraction of sp³-hybridized carbons (Fsp3) is 1.00. The number of hydrogen-bond acceptors (Lipinski definition) is 6. The van der Waals surface area contributed by atoms with Crippen LogP contribution in [-0.2, 0) is 9.47 Å². The number of aliphatic hydroxyl groups is 4. The molecule has 0 aromatic rings. The van der Waals surface area contributed by atoms with Gasteiger partial charge in [-0.15, -0.1) is 0 Å². The first kappa shape index (κ1) is 21.8. The zero-order chi connectivity index (χ0) is 17.8. The Kier molecular flexibility index (Phi) is 11.1. The molecule has 24 heavy (non-hydrogen) atoms. The Labute approximate surface area is 145 Å². The predicted molar refractivity (Wildman–Crippen MR) is 91.6 cm³/mol. The monoisotopic (exact) mass is 348 g/mol. The molecule has 144 valence electrons. The van der Waals surface area contributed by atoms with Crippen LogP contribution in [0.15, 0.2) is 0 Å². The van der Waals surface area contributed by atoms with Gasteiger partial charge in [0.2, 0.25) is 5.79 Å². The average Bonchev–Trinajstić information content (AvgIpc) is 2.84. The predicted octanol–water partition coefficient (Wildman–Crippen LogP) is 1.73. The maximum absolute atomic E-state index is 10.00. The van der Waals surface area contributed by atoms with Crippen molar-refractivity contribution in [2.75, 3.05) is 19.8 Å². The van der Waals surface area contributed by atoms with E-state index >= 15 is 0 Å². The van der Waals surface area contributed by atoms with Crippen LogP contribution in [0, 0.1) is 0 Å². The molecule has 0 saturated carbocycles. The maximum atomic E-state index is 10.00. The molecular weight excluding hydrogens is 312 g/mol. The Morgan fingerprint density at radius 3 is 1.88 bits per heavy atom. The number of aliphatic hydroxyl groups excluding tert-OH is 4. The first-order valence-electron chi connectivity index (χ1n) is 9.51. The van der Waals surface area contributed by atoms with Gasteiger partial charge in [0, 0.05) is 0 Å². The van der Waals surface area contributed by atoms with E-state index in [1.165, 1.54) is 44.9 Å². The molecule has 0 aromatic carbocycles. The molecule has 1 fully saturated rings. The molecule has 4 atom stereocenters. The fourth-order valence-corrected chi connectivity index (χ4v) is 3.13. The SMILES string of the molecule is CCCCCCCCCCCCO[C@@]1(CO)O[C@H](CO)[C@@H](O)[C@@H]1O. The van der Waals surface area contributed by atoms with Crippen LogP contribution in [0.25, 0.3) is 0 Å². The molecule has 0 aromatic heterocycles. The number of ether oxygens (including phenoxy) is 2. The molecule has 0 bridgehead atoms. The largest absolute Gasteiger partial charge is 0.394 e. The number of rotatable bonds is 14. The van der Waals surface area contributed by atoms with Gasteiger partial charge in [-0.2, -0.15) is 0 Å². The van der Waals surface area contributed by atoms with Crippen molar-refractivity contribution >= 4 is 0 Å². The fourth-order valence-electron chi connectivity index (χ4n) is 3.13. The van der Waals surface area contributed by atoms with Crippen LogP contribution in [-0.4, -0.2) is 64.3 Å². The Balaban J connectivity index is 2.09. The van der Waals surface area contributed by atoms with Crippen molar-refractivity contribution in [3.8, 4) is 0 Å². The molecule has 6 nitrogen and oxygen atoms in total. The van der Waals surface area contributed by atoms with Crippen LogP contribution in [0.2, 0.25) is 0 Å². The second-order valence-electron chi connectivity index (χ2n) is 6.77. The highest BCUT2D eigenvalue weighted by atomic mass is 16.7. The smallest absolute Gasteiger partial charge is 0.221 e. The molecule has 1 aliphatic rings. The third kappa shape index (κ3) is 6.58. The van der Waals surface area contributed by atoms with Crippen molar-refractivity contribution < 1.29 is 29.9 Å². The molecular formula is C18H36O6. The topological polar surface area (TPSA) is 99.4 Å². The van der Waals surface area contributed by atoms with E-state index in [0.29, 0.717) is 6.61 Å². The van der Waals surface area contributed by atoms with Crippen molar-refractivity contribution in [1.82, 2.24) is 0 Å². The lowest BCUT2D eigenvalue weighted by Crippen LogP contribution is -2.48. The van der Waals surface area contributed by atoms with E-state index in [-0.39, 0.29) is 0 Å². The van der Waals surface area contributed by atoms with Crippen molar-refractivity contribution in [3.05, 3.63) is 0 Å². The van der Waals surface area contributed by atoms with Crippen LogP contribution in [0.5, 0.6) is 0 Å². The van der Waals surface area contributed by atoms with Gasteiger partial charge in [-0.25, -0.2) is 0 Å². The van der Waals surface area contributed by atoms with Crippen LogP contribution in [0.3, 0.4) is 0 Å². The zero-order valence-electron chi connectivity index (χ0n) is 15.0. The van der Waals surface area contributed by atoms with Crippen LogP contribution >= 0.6 is 0 Å². The van der Waals surface area contributed by atoms with E-state index in [0.717, 1.165) is 19.3 Å². The Morgan fingerprint density at radius 1 is 0.875 bits per heavy atom. The minimum absolute atomic E-state index is 0.346. The van der Waals surface area contributed by atoms with Gasteiger partial charge in [0.05, 0.1) is 13.2 Å². The van der Waals surface area contributed by atoms with Gasteiger partial charge < -0.3 is 29.9 Å². The van der Waals surface area contributed by atoms with Crippen molar-refractivity contribution in [2.45, 2.75) is 95.2 Å². The lowest BCUT2D eigenvalue weighted by atomic mass is 10.1. The second kappa shape index (κ2) is 12.2. The summed E-state index contributed by atoms with van der Waals surface area (Å²) in [4.78, 5) is 0. The Morgan fingerprint density at radius 2 is 1.42 bits per heavy atom. The summed E-state index contributed by atoms with van der Waals surface area (Å²) in [7, 11) is 0. The lowest BCUT2D eigenvalue weighted by molar-refractivity contribution is -0.276. The number of unbranched alkanes of at least 4 members (excludes halogenated alkanes) is 9. The minimum Gasteiger partial charge on any atom is -0.394 e. The molecule has 6 heteroatoms. The van der Waals surface area contributed by atoms with E-state index < -0.39 is 37.3 Å². The average molecular weight is 348 g/mol. The van der Waals surface area contributed by atoms with Gasteiger partial charge in [0.1, 0.15) is 24.9 Å². The standard InChI is InChI=1S/C18H36O6/c1-2-3-4-5-6-7-8-9-10-11-12-23-18(14-20)17(22)16(21)15(13-19)24-18/h15-17,19-22H,2-14H2,1H3/t15-,16-,17+,18+/m1/s1. The van der Waals surface area contributed by atoms with Gasteiger partial charge in [-0.3, -0.25) is 0 Å². The molecule has 1 rings (SSSR count). The first-order chi connectivity index (χ1) is 11.6. The summed E-state index contributed by atoms with van der Waals surface area (Å²) in [5.74, 6) is -1.62. The van der Waals surface area contributed by atoms with Gasteiger partial charge in [0.15, 0.2) is 0 Å². The summed E-state index contributed by atoms with van der Waals surface area (Å²) in [6, 6.07) is 0. The first-order valence-corrected chi connectivity index (χ1v) is 9.51. The Bertz CT molecular complexity index is 314. The normalized spacial score (nSPS) is 30.1. The Hall–Kier alpha value is -0.240. The zero-order valence-corrected chi connectivity index (χ0v) is 15.0. The van der Waals surface area contributed by atoms with E-state index in [4.69, 9.17) is 14.6 Å². The summed E-state index contributed by atoms with van der Waals surface area (Å²) in [6.07, 6.45) is 8.55. The quantitative estimate of drug-likeness (QED) is 0.357. The molecule has 0 radical (unpaired) electrons. The molecule has 0 spiro atoms. The van der Waals surface area contributed by atoms with Crippen LogP contribution in [0.1, 0.15) is 71.1 Å². The molecule has 1 saturated heterocycles. The third-order valence-electron chi connectivity index (χ3n) is 4.75. The van der Waals surface area contributed by atoms with Crippen LogP contribution in [0.4, 0.5) is 0 Å². The summed E-state index contributed by atoms with van der Waals surface area (Å²) in [5, 5.41) is 38.4.